The molecule has 0 bridgehead atoms. The van der Waals surface area contributed by atoms with E-state index in [1.807, 2.05) is 0 Å². The Morgan fingerprint density at radius 1 is 1.15 bits per heavy atom. The van der Waals surface area contributed by atoms with Crippen molar-refractivity contribution in [2.75, 3.05) is 0 Å². The number of halogens is 3. The molecule has 2 heterocycles. The van der Waals surface area contributed by atoms with Crippen LogP contribution in [0.1, 0.15) is 22.0 Å². The standard InChI is InChI=1S/C17H14F3N3O3/c18-17(19,20)16(26)12(14(24)11-7-4-8-21-9-11)13(22-15(25)23-16)10-5-2-1-3-6-10/h1-9,12-13,26H,(H2,22,23,25)/t12-,13+,16+/m0/s1. The highest BCUT2D eigenvalue weighted by Crippen LogP contribution is 2.43. The highest BCUT2D eigenvalue weighted by molar-refractivity contribution is 6.00. The molecule has 1 aromatic carbocycles. The molecule has 26 heavy (non-hydrogen) atoms. The van der Waals surface area contributed by atoms with Gasteiger partial charge in [-0.15, -0.1) is 0 Å². The van der Waals surface area contributed by atoms with Crippen molar-refractivity contribution in [3.63, 3.8) is 0 Å². The fraction of sp³-hybridized carbons (Fsp3) is 0.235. The van der Waals surface area contributed by atoms with Crippen LogP contribution in [0.25, 0.3) is 0 Å². The molecule has 1 aliphatic heterocycles. The van der Waals surface area contributed by atoms with Crippen LogP contribution in [0.2, 0.25) is 0 Å². The molecule has 0 radical (unpaired) electrons. The molecule has 9 heteroatoms. The molecule has 1 aromatic heterocycles. The van der Waals surface area contributed by atoms with E-state index in [2.05, 4.69) is 10.3 Å². The molecule has 6 nitrogen and oxygen atoms in total. The van der Waals surface area contributed by atoms with Crippen LogP contribution < -0.4 is 10.6 Å². The maximum atomic E-state index is 13.7. The minimum absolute atomic E-state index is 0.112. The second-order valence-electron chi connectivity index (χ2n) is 5.83. The van der Waals surface area contributed by atoms with Gasteiger partial charge in [-0.2, -0.15) is 13.2 Å². The third-order valence-electron chi connectivity index (χ3n) is 4.19. The summed E-state index contributed by atoms with van der Waals surface area (Å²) in [6.45, 7) is 0. The van der Waals surface area contributed by atoms with Crippen molar-refractivity contribution in [3.05, 3.63) is 66.0 Å². The lowest BCUT2D eigenvalue weighted by Gasteiger charge is -2.45. The minimum atomic E-state index is -5.28. The van der Waals surface area contributed by atoms with Crippen LogP contribution in [0.4, 0.5) is 18.0 Å². The third kappa shape index (κ3) is 3.01. The maximum Gasteiger partial charge on any atom is 0.437 e. The van der Waals surface area contributed by atoms with E-state index < -0.39 is 35.7 Å². The van der Waals surface area contributed by atoms with Gasteiger partial charge in [-0.1, -0.05) is 30.3 Å². The molecule has 2 aromatic rings. The summed E-state index contributed by atoms with van der Waals surface area (Å²) in [5, 5.41) is 14.1. The molecule has 3 atom stereocenters. The van der Waals surface area contributed by atoms with Crippen LogP contribution in [0.5, 0.6) is 0 Å². The zero-order chi connectivity index (χ0) is 18.9. The van der Waals surface area contributed by atoms with Crippen molar-refractivity contribution in [1.82, 2.24) is 15.6 Å². The summed E-state index contributed by atoms with van der Waals surface area (Å²) in [6, 6.07) is 7.77. The molecule has 136 valence electrons. The number of carbonyl (C=O) groups excluding carboxylic acids is 2. The van der Waals surface area contributed by atoms with Gasteiger partial charge in [0.1, 0.15) is 5.92 Å². The molecule has 2 amide bonds. The third-order valence-corrected chi connectivity index (χ3v) is 4.19. The summed E-state index contributed by atoms with van der Waals surface area (Å²) in [5.41, 5.74) is -3.59. The van der Waals surface area contributed by atoms with E-state index in [0.717, 1.165) is 6.20 Å². The maximum absolute atomic E-state index is 13.7. The Bertz CT molecular complexity index is 814. The Balaban J connectivity index is 2.15. The number of nitrogens with one attached hydrogen (secondary N) is 2. The lowest BCUT2D eigenvalue weighted by Crippen LogP contribution is -2.72. The van der Waals surface area contributed by atoms with Crippen molar-refractivity contribution in [2.45, 2.75) is 17.9 Å². The quantitative estimate of drug-likeness (QED) is 0.727. The summed E-state index contributed by atoms with van der Waals surface area (Å²) < 4.78 is 41.0. The average molecular weight is 365 g/mol. The Kier molecular flexibility index (Phi) is 4.41. The zero-order valence-corrected chi connectivity index (χ0v) is 13.2. The summed E-state index contributed by atoms with van der Waals surface area (Å²) in [4.78, 5) is 28.4. The summed E-state index contributed by atoms with van der Waals surface area (Å²) in [7, 11) is 0. The first-order chi connectivity index (χ1) is 12.2. The minimum Gasteiger partial charge on any atom is -0.363 e. The molecule has 1 saturated heterocycles. The second-order valence-corrected chi connectivity index (χ2v) is 5.83. The van der Waals surface area contributed by atoms with Gasteiger partial charge in [0.05, 0.1) is 6.04 Å². The average Bonchev–Trinajstić information content (AvgIpc) is 2.61. The Labute approximate surface area is 146 Å². The van der Waals surface area contributed by atoms with Gasteiger partial charge in [0.15, 0.2) is 5.78 Å². The zero-order valence-electron chi connectivity index (χ0n) is 13.2. The number of rotatable bonds is 3. The van der Waals surface area contributed by atoms with Gasteiger partial charge >= 0.3 is 12.2 Å². The Morgan fingerprint density at radius 2 is 1.85 bits per heavy atom. The molecule has 3 rings (SSSR count). The van der Waals surface area contributed by atoms with Gasteiger partial charge in [0.2, 0.25) is 5.72 Å². The fourth-order valence-corrected chi connectivity index (χ4v) is 2.97. The smallest absolute Gasteiger partial charge is 0.363 e. The predicted octanol–water partition coefficient (Wildman–Crippen LogP) is 2.19. The van der Waals surface area contributed by atoms with Gasteiger partial charge in [-0.3, -0.25) is 9.78 Å². The molecule has 0 spiro atoms. The second kappa shape index (κ2) is 6.41. The summed E-state index contributed by atoms with van der Waals surface area (Å²) in [5.74, 6) is -3.05. The molecule has 1 aliphatic rings. The highest BCUT2D eigenvalue weighted by atomic mass is 19.4. The number of Topliss-reactive ketones (excluding diaryl/α,β-unsaturated/α-hetero) is 1. The van der Waals surface area contributed by atoms with E-state index in [9.17, 15) is 27.9 Å². The van der Waals surface area contributed by atoms with E-state index in [0.29, 0.717) is 0 Å². The van der Waals surface area contributed by atoms with E-state index >= 15 is 0 Å². The van der Waals surface area contributed by atoms with Crippen LogP contribution >= 0.6 is 0 Å². The van der Waals surface area contributed by atoms with Crippen molar-refractivity contribution < 1.29 is 27.9 Å². The number of hydrogen-bond donors (Lipinski definition) is 3. The molecule has 3 N–H and O–H groups in total. The van der Waals surface area contributed by atoms with Crippen molar-refractivity contribution in [3.8, 4) is 0 Å². The number of ketones is 1. The number of hydrogen-bond acceptors (Lipinski definition) is 4. The van der Waals surface area contributed by atoms with Crippen LogP contribution in [-0.4, -0.2) is 33.8 Å². The number of urea groups is 1. The number of pyridine rings is 1. The molecule has 0 aliphatic carbocycles. The van der Waals surface area contributed by atoms with Crippen LogP contribution in [0.15, 0.2) is 54.9 Å². The van der Waals surface area contributed by atoms with E-state index in [-0.39, 0.29) is 11.1 Å². The van der Waals surface area contributed by atoms with Gasteiger partial charge in [-0.25, -0.2) is 4.79 Å². The van der Waals surface area contributed by atoms with Crippen LogP contribution in [0, 0.1) is 5.92 Å². The number of carbonyl (C=O) groups is 2. The topological polar surface area (TPSA) is 91.3 Å². The van der Waals surface area contributed by atoms with Gasteiger partial charge in [-0.05, 0) is 17.7 Å². The van der Waals surface area contributed by atoms with Gasteiger partial charge < -0.3 is 15.7 Å². The van der Waals surface area contributed by atoms with Crippen molar-refractivity contribution in [1.29, 1.82) is 0 Å². The van der Waals surface area contributed by atoms with E-state index in [1.165, 1.54) is 35.8 Å². The molecular weight excluding hydrogens is 351 g/mol. The SMILES string of the molecule is O=C1N[C@H](c2ccccc2)[C@@H](C(=O)c2cccnc2)[C@@](O)(C(F)(F)F)N1. The van der Waals surface area contributed by atoms with Gasteiger partial charge in [0, 0.05) is 18.0 Å². The van der Waals surface area contributed by atoms with Gasteiger partial charge in [0.25, 0.3) is 0 Å². The first-order valence-electron chi connectivity index (χ1n) is 7.61. The fourth-order valence-electron chi connectivity index (χ4n) is 2.97. The largest absolute Gasteiger partial charge is 0.437 e. The lowest BCUT2D eigenvalue weighted by molar-refractivity contribution is -0.287. The van der Waals surface area contributed by atoms with Crippen LogP contribution in [0.3, 0.4) is 0 Å². The number of amides is 2. The van der Waals surface area contributed by atoms with Crippen LogP contribution in [-0.2, 0) is 0 Å². The molecular formula is C17H14F3N3O3. The number of alkyl halides is 3. The monoisotopic (exact) mass is 365 g/mol. The molecule has 1 fully saturated rings. The Morgan fingerprint density at radius 3 is 2.42 bits per heavy atom. The first-order valence-corrected chi connectivity index (χ1v) is 7.61. The predicted molar refractivity (Wildman–Crippen MR) is 83.9 cm³/mol. The van der Waals surface area contributed by atoms with Crippen molar-refractivity contribution in [2.24, 2.45) is 5.92 Å². The number of benzene rings is 1. The number of nitrogens with zero attached hydrogens (tertiary/aromatic N) is 1. The number of aromatic nitrogens is 1. The van der Waals surface area contributed by atoms with Crippen molar-refractivity contribution >= 4 is 11.8 Å². The normalized spacial score (nSPS) is 25.9. The summed E-state index contributed by atoms with van der Waals surface area (Å²) >= 11 is 0. The molecule has 0 unspecified atom stereocenters. The molecule has 0 saturated carbocycles. The lowest BCUT2D eigenvalue weighted by atomic mass is 9.77. The highest BCUT2D eigenvalue weighted by Gasteiger charge is 2.66. The van der Waals surface area contributed by atoms with E-state index in [4.69, 9.17) is 0 Å². The first kappa shape index (κ1) is 17.9. The van der Waals surface area contributed by atoms with E-state index in [1.54, 1.807) is 18.2 Å². The summed E-state index contributed by atoms with van der Waals surface area (Å²) in [6.07, 6.45) is -2.81. The Hall–Kier alpha value is -2.94. The number of aliphatic hydroxyl groups is 1.